The molecule has 1 amide bonds. The van der Waals surface area contributed by atoms with Crippen molar-refractivity contribution in [3.63, 3.8) is 0 Å². The van der Waals surface area contributed by atoms with E-state index in [0.717, 1.165) is 51.1 Å². The Morgan fingerprint density at radius 1 is 0.970 bits per heavy atom. The van der Waals surface area contributed by atoms with Crippen molar-refractivity contribution in [2.24, 2.45) is 0 Å². The second-order valence-electron chi connectivity index (χ2n) is 8.92. The van der Waals surface area contributed by atoms with Crippen molar-refractivity contribution < 1.29 is 14.3 Å². The van der Waals surface area contributed by atoms with E-state index >= 15 is 0 Å². The van der Waals surface area contributed by atoms with Gasteiger partial charge < -0.3 is 14.8 Å². The second kappa shape index (κ2) is 10.7. The zero-order valence-electron chi connectivity index (χ0n) is 19.7. The number of ether oxygens (including phenoxy) is 2. The molecule has 1 fully saturated rings. The molecule has 0 saturated carbocycles. The number of nitrogens with zero attached hydrogens (tertiary/aromatic N) is 1. The van der Waals surface area contributed by atoms with Gasteiger partial charge in [0.05, 0.1) is 19.8 Å². The van der Waals surface area contributed by atoms with E-state index in [1.54, 1.807) is 14.2 Å². The van der Waals surface area contributed by atoms with Gasteiger partial charge in [-0.25, -0.2) is 0 Å². The van der Waals surface area contributed by atoms with Crippen LogP contribution >= 0.6 is 0 Å². The topological polar surface area (TPSA) is 50.8 Å². The predicted octanol–water partition coefficient (Wildman–Crippen LogP) is 4.60. The minimum absolute atomic E-state index is 0.0585. The van der Waals surface area contributed by atoms with Crippen molar-refractivity contribution in [1.82, 2.24) is 10.2 Å². The number of hydrogen-bond acceptors (Lipinski definition) is 4. The van der Waals surface area contributed by atoms with Gasteiger partial charge in [0, 0.05) is 18.5 Å². The molecular weight excluding hydrogens is 412 g/mol. The maximum Gasteiger partial charge on any atom is 0.254 e. The monoisotopic (exact) mass is 446 g/mol. The van der Waals surface area contributed by atoms with Crippen LogP contribution in [-0.2, 0) is 21.5 Å². The first-order valence-electron chi connectivity index (χ1n) is 11.8. The highest BCUT2D eigenvalue weighted by Gasteiger charge is 2.37. The van der Waals surface area contributed by atoms with E-state index in [1.165, 1.54) is 11.1 Å². The third-order valence-electron chi connectivity index (χ3n) is 6.91. The molecule has 33 heavy (non-hydrogen) atoms. The van der Waals surface area contributed by atoms with Crippen LogP contribution in [0.3, 0.4) is 0 Å². The summed E-state index contributed by atoms with van der Waals surface area (Å²) in [6, 6.07) is 18.9. The Hall–Kier alpha value is -3.05. The van der Waals surface area contributed by atoms with Gasteiger partial charge in [-0.05, 0) is 68.1 Å². The standard InChI is InChI=1S/C28H34N2O3/c1-32-24-12-8-11-23(19-24)28(21-29-27(31)25-13-6-7-14-26(25)33-2)15-17-30(18-16-28)20-22-9-4-3-5-10-22/h3-5,8-14,19H,6-7,15-18,20-21H2,1-2H3,(H,29,31). The average Bonchev–Trinajstić information content (AvgIpc) is 2.89. The third kappa shape index (κ3) is 5.48. The molecule has 0 atom stereocenters. The van der Waals surface area contributed by atoms with Crippen LogP contribution in [0, 0.1) is 0 Å². The largest absolute Gasteiger partial charge is 0.497 e. The van der Waals surface area contributed by atoms with Crippen LogP contribution in [0.1, 0.15) is 36.8 Å². The van der Waals surface area contributed by atoms with Crippen LogP contribution in [0.2, 0.25) is 0 Å². The van der Waals surface area contributed by atoms with Crippen molar-refractivity contribution >= 4 is 5.91 Å². The van der Waals surface area contributed by atoms with Gasteiger partial charge in [-0.2, -0.15) is 0 Å². The molecule has 4 rings (SSSR count). The summed E-state index contributed by atoms with van der Waals surface area (Å²) in [6.45, 7) is 3.50. The van der Waals surface area contributed by atoms with Gasteiger partial charge in [-0.1, -0.05) is 48.5 Å². The number of allylic oxidation sites excluding steroid dienone is 2. The SMILES string of the molecule is COC1=CCCC=C1C(=O)NCC1(c2cccc(OC)c2)CCN(Cc2ccccc2)CC1. The number of methoxy groups -OCH3 is 2. The van der Waals surface area contributed by atoms with Gasteiger partial charge in [0.25, 0.3) is 5.91 Å². The number of rotatable bonds is 8. The summed E-state index contributed by atoms with van der Waals surface area (Å²) in [5.41, 5.74) is 3.07. The lowest BCUT2D eigenvalue weighted by Crippen LogP contribution is -2.49. The Kier molecular flexibility index (Phi) is 7.50. The van der Waals surface area contributed by atoms with Crippen LogP contribution in [0.4, 0.5) is 0 Å². The van der Waals surface area contributed by atoms with E-state index in [2.05, 4.69) is 52.7 Å². The normalized spacial score (nSPS) is 18.1. The predicted molar refractivity (Wildman–Crippen MR) is 131 cm³/mol. The van der Waals surface area contributed by atoms with Gasteiger partial charge in [0.1, 0.15) is 11.5 Å². The summed E-state index contributed by atoms with van der Waals surface area (Å²) in [7, 11) is 3.32. The van der Waals surface area contributed by atoms with Crippen molar-refractivity contribution in [3.8, 4) is 5.75 Å². The number of hydrogen-bond donors (Lipinski definition) is 1. The molecule has 0 aromatic heterocycles. The lowest BCUT2D eigenvalue weighted by Gasteiger charge is -2.42. The lowest BCUT2D eigenvalue weighted by molar-refractivity contribution is -0.118. The molecule has 0 unspecified atom stereocenters. The first kappa shape index (κ1) is 23.1. The first-order valence-corrected chi connectivity index (χ1v) is 11.8. The highest BCUT2D eigenvalue weighted by Crippen LogP contribution is 2.37. The van der Waals surface area contributed by atoms with E-state index in [9.17, 15) is 4.79 Å². The summed E-state index contributed by atoms with van der Waals surface area (Å²) in [5, 5.41) is 3.24. The van der Waals surface area contributed by atoms with Gasteiger partial charge in [-0.15, -0.1) is 0 Å². The van der Waals surface area contributed by atoms with Crippen molar-refractivity contribution in [3.05, 3.63) is 89.2 Å². The smallest absolute Gasteiger partial charge is 0.254 e. The number of likely N-dealkylation sites (tertiary alicyclic amines) is 1. The van der Waals surface area contributed by atoms with Gasteiger partial charge in [0.2, 0.25) is 0 Å². The Morgan fingerprint density at radius 2 is 1.73 bits per heavy atom. The van der Waals surface area contributed by atoms with E-state index in [-0.39, 0.29) is 11.3 Å². The number of piperidine rings is 1. The lowest BCUT2D eigenvalue weighted by atomic mass is 9.72. The third-order valence-corrected chi connectivity index (χ3v) is 6.91. The zero-order chi connectivity index (χ0) is 23.1. The fourth-order valence-electron chi connectivity index (χ4n) is 4.90. The van der Waals surface area contributed by atoms with Crippen molar-refractivity contribution in [2.75, 3.05) is 33.9 Å². The Bertz CT molecular complexity index is 1000. The Labute approximate surface area is 197 Å². The van der Waals surface area contributed by atoms with E-state index in [0.29, 0.717) is 17.9 Å². The van der Waals surface area contributed by atoms with Gasteiger partial charge in [0.15, 0.2) is 0 Å². The van der Waals surface area contributed by atoms with Crippen LogP contribution < -0.4 is 10.1 Å². The molecule has 0 spiro atoms. The molecular formula is C28H34N2O3. The van der Waals surface area contributed by atoms with Gasteiger partial charge in [-0.3, -0.25) is 9.69 Å². The Morgan fingerprint density at radius 3 is 2.45 bits per heavy atom. The maximum absolute atomic E-state index is 13.1. The minimum Gasteiger partial charge on any atom is -0.497 e. The first-order chi connectivity index (χ1) is 16.1. The zero-order valence-corrected chi connectivity index (χ0v) is 19.7. The summed E-state index contributed by atoms with van der Waals surface area (Å²) in [5.74, 6) is 1.47. The molecule has 5 nitrogen and oxygen atoms in total. The van der Waals surface area contributed by atoms with Crippen molar-refractivity contribution in [1.29, 1.82) is 0 Å². The average molecular weight is 447 g/mol. The van der Waals surface area contributed by atoms with E-state index in [1.807, 2.05) is 24.3 Å². The van der Waals surface area contributed by atoms with Crippen LogP contribution in [0.15, 0.2) is 78.1 Å². The van der Waals surface area contributed by atoms with Crippen molar-refractivity contribution in [2.45, 2.75) is 37.6 Å². The maximum atomic E-state index is 13.1. The molecule has 1 aliphatic heterocycles. The molecule has 2 aromatic carbocycles. The number of carbonyl (C=O) groups excluding carboxylic acids is 1. The van der Waals surface area contributed by atoms with Crippen LogP contribution in [-0.4, -0.2) is 44.7 Å². The molecule has 5 heteroatoms. The quantitative estimate of drug-likeness (QED) is 0.644. The van der Waals surface area contributed by atoms with Crippen LogP contribution in [0.25, 0.3) is 0 Å². The molecule has 1 aliphatic carbocycles. The number of carbonyl (C=O) groups is 1. The molecule has 0 radical (unpaired) electrons. The molecule has 0 bridgehead atoms. The second-order valence-corrected chi connectivity index (χ2v) is 8.92. The molecule has 2 aromatic rings. The summed E-state index contributed by atoms with van der Waals surface area (Å²) < 4.78 is 10.9. The highest BCUT2D eigenvalue weighted by molar-refractivity contribution is 5.97. The highest BCUT2D eigenvalue weighted by atomic mass is 16.5. The summed E-state index contributed by atoms with van der Waals surface area (Å²) >= 11 is 0. The van der Waals surface area contributed by atoms with Gasteiger partial charge >= 0.3 is 0 Å². The van der Waals surface area contributed by atoms with E-state index in [4.69, 9.17) is 9.47 Å². The summed E-state index contributed by atoms with van der Waals surface area (Å²) in [4.78, 5) is 15.6. The number of amides is 1. The molecule has 174 valence electrons. The summed E-state index contributed by atoms with van der Waals surface area (Å²) in [6.07, 6.45) is 7.69. The number of nitrogens with one attached hydrogen (secondary N) is 1. The molecule has 1 saturated heterocycles. The molecule has 2 aliphatic rings. The fraction of sp³-hybridized carbons (Fsp3) is 0.393. The molecule has 1 heterocycles. The molecule has 1 N–H and O–H groups in total. The minimum atomic E-state index is -0.135. The number of benzene rings is 2. The van der Waals surface area contributed by atoms with E-state index < -0.39 is 0 Å². The fourth-order valence-corrected chi connectivity index (χ4v) is 4.90. The van der Waals surface area contributed by atoms with Crippen LogP contribution in [0.5, 0.6) is 5.75 Å². The Balaban J connectivity index is 1.50.